The van der Waals surface area contributed by atoms with Gasteiger partial charge in [-0.05, 0) is 29.7 Å². The highest BCUT2D eigenvalue weighted by molar-refractivity contribution is 5.82. The lowest BCUT2D eigenvalue weighted by molar-refractivity contribution is -0.191. The van der Waals surface area contributed by atoms with Gasteiger partial charge < -0.3 is 23.8 Å². The van der Waals surface area contributed by atoms with E-state index >= 15 is 0 Å². The Hall–Kier alpha value is -2.00. The minimum atomic E-state index is -4.96. The van der Waals surface area contributed by atoms with E-state index < -0.39 is 24.4 Å². The highest BCUT2D eigenvalue weighted by Gasteiger charge is 2.46. The van der Waals surface area contributed by atoms with Crippen molar-refractivity contribution in [3.8, 4) is 11.5 Å². The summed E-state index contributed by atoms with van der Waals surface area (Å²) in [6.07, 6.45) is -5.39. The summed E-state index contributed by atoms with van der Waals surface area (Å²) in [7, 11) is 5.70. The van der Waals surface area contributed by atoms with Crippen LogP contribution in [0.15, 0.2) is 12.1 Å². The molecule has 0 saturated carbocycles. The minimum absolute atomic E-state index is 0.0529. The molecule has 6 nitrogen and oxygen atoms in total. The monoisotopic (exact) mass is 377 g/mol. The molecular formula is C17H22F3NO5. The molecule has 0 bridgehead atoms. The van der Waals surface area contributed by atoms with Crippen molar-refractivity contribution in [2.75, 3.05) is 35.0 Å². The number of methoxy groups -OCH3 is 4. The first-order chi connectivity index (χ1) is 12.3. The van der Waals surface area contributed by atoms with Gasteiger partial charge in [-0.25, -0.2) is 0 Å². The zero-order valence-electron chi connectivity index (χ0n) is 15.1. The van der Waals surface area contributed by atoms with Gasteiger partial charge in [0.05, 0.1) is 20.3 Å². The quantitative estimate of drug-likeness (QED) is 0.714. The van der Waals surface area contributed by atoms with E-state index in [9.17, 15) is 18.0 Å². The van der Waals surface area contributed by atoms with Gasteiger partial charge in [0.2, 0.25) is 0 Å². The van der Waals surface area contributed by atoms with Gasteiger partial charge in [-0.3, -0.25) is 4.79 Å². The molecule has 0 aliphatic carbocycles. The number of hydrogen-bond donors (Lipinski definition) is 0. The third-order valence-corrected chi connectivity index (χ3v) is 4.45. The Morgan fingerprint density at radius 3 is 2.23 bits per heavy atom. The molecule has 1 heterocycles. The number of carbonyl (C=O) groups excluding carboxylic acids is 1. The third-order valence-electron chi connectivity index (χ3n) is 4.45. The maximum absolute atomic E-state index is 13.0. The number of ether oxygens (including phenoxy) is 4. The molecule has 0 spiro atoms. The van der Waals surface area contributed by atoms with Gasteiger partial charge in [-0.15, -0.1) is 0 Å². The molecule has 1 unspecified atom stereocenters. The number of carbonyl (C=O) groups is 1. The van der Waals surface area contributed by atoms with Crippen LogP contribution in [0.2, 0.25) is 0 Å². The number of halogens is 3. The first kappa shape index (κ1) is 20.3. The lowest BCUT2D eigenvalue weighted by atomic mass is 9.89. The van der Waals surface area contributed by atoms with E-state index in [0.29, 0.717) is 17.1 Å². The zero-order chi connectivity index (χ0) is 19.5. The summed E-state index contributed by atoms with van der Waals surface area (Å²) in [5.74, 6) is -1.02. The van der Waals surface area contributed by atoms with Crippen molar-refractivity contribution < 1.29 is 36.9 Å². The van der Waals surface area contributed by atoms with E-state index in [0.717, 1.165) is 10.5 Å². The zero-order valence-corrected chi connectivity index (χ0v) is 15.1. The Balaban J connectivity index is 2.51. The molecule has 9 heteroatoms. The van der Waals surface area contributed by atoms with Crippen LogP contribution in [-0.2, 0) is 20.7 Å². The molecule has 1 aromatic carbocycles. The predicted molar refractivity (Wildman–Crippen MR) is 86.2 cm³/mol. The molecule has 2 rings (SSSR count). The lowest BCUT2D eigenvalue weighted by Gasteiger charge is -2.39. The Morgan fingerprint density at radius 2 is 1.73 bits per heavy atom. The van der Waals surface area contributed by atoms with Gasteiger partial charge in [0.25, 0.3) is 0 Å². The summed E-state index contributed by atoms with van der Waals surface area (Å²) in [6.45, 7) is -0.0638. The number of hydrogen-bond acceptors (Lipinski definition) is 5. The molecule has 1 aromatic rings. The van der Waals surface area contributed by atoms with Crippen LogP contribution in [0, 0.1) is 0 Å². The fourth-order valence-electron chi connectivity index (χ4n) is 3.16. The number of alkyl halides is 3. The Kier molecular flexibility index (Phi) is 6.35. The molecule has 26 heavy (non-hydrogen) atoms. The Morgan fingerprint density at radius 1 is 1.15 bits per heavy atom. The fraction of sp³-hybridized carbons (Fsp3) is 0.588. The second kappa shape index (κ2) is 8.13. The van der Waals surface area contributed by atoms with Gasteiger partial charge in [-0.2, -0.15) is 13.2 Å². The summed E-state index contributed by atoms with van der Waals surface area (Å²) >= 11 is 0. The molecule has 1 aliphatic rings. The lowest BCUT2D eigenvalue weighted by Crippen LogP contribution is -2.47. The van der Waals surface area contributed by atoms with Crippen LogP contribution in [0.1, 0.15) is 23.6 Å². The van der Waals surface area contributed by atoms with Crippen molar-refractivity contribution in [3.05, 3.63) is 23.3 Å². The van der Waals surface area contributed by atoms with E-state index in [4.69, 9.17) is 18.9 Å². The molecule has 1 aliphatic heterocycles. The summed E-state index contributed by atoms with van der Waals surface area (Å²) in [5.41, 5.74) is 1.36. The summed E-state index contributed by atoms with van der Waals surface area (Å²) in [4.78, 5) is 12.8. The molecule has 1 amide bonds. The molecule has 0 radical (unpaired) electrons. The SMILES string of the molecule is COc1cc2c(cc1OC)C(CC(OC)OC)N(C(=O)C(F)(F)F)CC2. The topological polar surface area (TPSA) is 57.2 Å². The van der Waals surface area contributed by atoms with E-state index in [1.54, 1.807) is 12.1 Å². The Bertz CT molecular complexity index is 646. The molecular weight excluding hydrogens is 355 g/mol. The highest BCUT2D eigenvalue weighted by atomic mass is 19.4. The maximum Gasteiger partial charge on any atom is 0.471 e. The van der Waals surface area contributed by atoms with Crippen LogP contribution < -0.4 is 9.47 Å². The van der Waals surface area contributed by atoms with Crippen LogP contribution in [0.4, 0.5) is 13.2 Å². The number of nitrogens with zero attached hydrogens (tertiary/aromatic N) is 1. The standard InChI is InChI=1S/C17H22F3NO5/c1-23-13-7-10-5-6-21(16(22)17(18,19)20)12(9-15(25-3)26-4)11(10)8-14(13)24-2/h7-8,12,15H,5-6,9H2,1-4H3. The van der Waals surface area contributed by atoms with Gasteiger partial charge in [0.15, 0.2) is 17.8 Å². The molecule has 1 atom stereocenters. The van der Waals surface area contributed by atoms with Crippen LogP contribution in [-0.4, -0.2) is 58.3 Å². The maximum atomic E-state index is 13.0. The number of amides is 1. The third kappa shape index (κ3) is 4.04. The van der Waals surface area contributed by atoms with Crippen molar-refractivity contribution in [1.29, 1.82) is 0 Å². The Labute approximate surface area is 149 Å². The second-order valence-corrected chi connectivity index (χ2v) is 5.80. The van der Waals surface area contributed by atoms with Crippen LogP contribution in [0.5, 0.6) is 11.5 Å². The van der Waals surface area contributed by atoms with E-state index in [1.165, 1.54) is 28.4 Å². The molecule has 0 saturated heterocycles. The smallest absolute Gasteiger partial charge is 0.471 e. The first-order valence-corrected chi connectivity index (χ1v) is 7.95. The summed E-state index contributed by atoms with van der Waals surface area (Å²) in [5, 5.41) is 0. The van der Waals surface area contributed by atoms with Crippen molar-refractivity contribution in [2.45, 2.75) is 31.3 Å². The highest BCUT2D eigenvalue weighted by Crippen LogP contribution is 2.41. The largest absolute Gasteiger partial charge is 0.493 e. The number of rotatable bonds is 6. The van der Waals surface area contributed by atoms with Crippen molar-refractivity contribution >= 4 is 5.91 Å². The predicted octanol–water partition coefficient (Wildman–Crippen LogP) is 2.70. The van der Waals surface area contributed by atoms with Crippen molar-refractivity contribution in [3.63, 3.8) is 0 Å². The number of benzene rings is 1. The van der Waals surface area contributed by atoms with Gasteiger partial charge in [0, 0.05) is 27.2 Å². The van der Waals surface area contributed by atoms with Gasteiger partial charge in [0.1, 0.15) is 0 Å². The van der Waals surface area contributed by atoms with E-state index in [-0.39, 0.29) is 19.4 Å². The van der Waals surface area contributed by atoms with Crippen LogP contribution in [0.3, 0.4) is 0 Å². The van der Waals surface area contributed by atoms with Crippen molar-refractivity contribution in [1.82, 2.24) is 4.90 Å². The van der Waals surface area contributed by atoms with Crippen molar-refractivity contribution in [2.24, 2.45) is 0 Å². The average molecular weight is 377 g/mol. The molecule has 146 valence electrons. The van der Waals surface area contributed by atoms with Crippen LogP contribution in [0.25, 0.3) is 0 Å². The van der Waals surface area contributed by atoms with Gasteiger partial charge in [-0.1, -0.05) is 0 Å². The molecule has 0 fully saturated rings. The average Bonchev–Trinajstić information content (AvgIpc) is 2.63. The van der Waals surface area contributed by atoms with E-state index in [1.807, 2.05) is 0 Å². The van der Waals surface area contributed by atoms with Crippen LogP contribution >= 0.6 is 0 Å². The summed E-state index contributed by atoms with van der Waals surface area (Å²) < 4.78 is 59.9. The number of fused-ring (bicyclic) bond motifs is 1. The summed E-state index contributed by atoms with van der Waals surface area (Å²) in [6, 6.07) is 2.47. The minimum Gasteiger partial charge on any atom is -0.493 e. The first-order valence-electron chi connectivity index (χ1n) is 7.95. The van der Waals surface area contributed by atoms with E-state index in [2.05, 4.69) is 0 Å². The second-order valence-electron chi connectivity index (χ2n) is 5.80. The molecule has 0 N–H and O–H groups in total. The fourth-order valence-corrected chi connectivity index (χ4v) is 3.16. The normalized spacial score (nSPS) is 17.2. The van der Waals surface area contributed by atoms with Gasteiger partial charge >= 0.3 is 12.1 Å². The molecule has 0 aromatic heterocycles.